The van der Waals surface area contributed by atoms with E-state index < -0.39 is 5.41 Å². The molecule has 0 bridgehead atoms. The SMILES string of the molecule is CCC(C)(CN)C(=O)Cc1ccncc1Cl. The van der Waals surface area contributed by atoms with E-state index in [1.165, 1.54) is 0 Å². The highest BCUT2D eigenvalue weighted by Gasteiger charge is 2.29. The Bertz CT molecular complexity index is 375. The van der Waals surface area contributed by atoms with Crippen LogP contribution in [0.3, 0.4) is 0 Å². The average molecular weight is 241 g/mol. The number of halogens is 1. The first-order valence-electron chi connectivity index (χ1n) is 5.35. The Morgan fingerprint density at radius 2 is 2.31 bits per heavy atom. The summed E-state index contributed by atoms with van der Waals surface area (Å²) in [6.07, 6.45) is 4.25. The minimum atomic E-state index is -0.452. The minimum absolute atomic E-state index is 0.130. The number of aromatic nitrogens is 1. The van der Waals surface area contributed by atoms with Gasteiger partial charge in [0.2, 0.25) is 0 Å². The summed E-state index contributed by atoms with van der Waals surface area (Å²) in [4.78, 5) is 16.0. The summed E-state index contributed by atoms with van der Waals surface area (Å²) in [7, 11) is 0. The largest absolute Gasteiger partial charge is 0.329 e. The van der Waals surface area contributed by atoms with E-state index in [2.05, 4.69) is 4.98 Å². The van der Waals surface area contributed by atoms with Gasteiger partial charge in [-0.05, 0) is 18.1 Å². The quantitative estimate of drug-likeness (QED) is 0.859. The normalized spacial score (nSPS) is 14.5. The van der Waals surface area contributed by atoms with Crippen LogP contribution >= 0.6 is 11.6 Å². The maximum atomic E-state index is 12.1. The summed E-state index contributed by atoms with van der Waals surface area (Å²) < 4.78 is 0. The zero-order chi connectivity index (χ0) is 12.2. The zero-order valence-corrected chi connectivity index (χ0v) is 10.4. The Morgan fingerprint density at radius 3 is 2.81 bits per heavy atom. The number of pyridine rings is 1. The molecule has 16 heavy (non-hydrogen) atoms. The van der Waals surface area contributed by atoms with Crippen molar-refractivity contribution in [1.82, 2.24) is 4.98 Å². The van der Waals surface area contributed by atoms with E-state index in [-0.39, 0.29) is 5.78 Å². The van der Waals surface area contributed by atoms with Gasteiger partial charge in [-0.25, -0.2) is 0 Å². The summed E-state index contributed by atoms with van der Waals surface area (Å²) in [6, 6.07) is 1.77. The first kappa shape index (κ1) is 13.1. The van der Waals surface area contributed by atoms with Crippen LogP contribution < -0.4 is 5.73 Å². The van der Waals surface area contributed by atoms with E-state index >= 15 is 0 Å². The molecule has 0 saturated carbocycles. The molecule has 2 N–H and O–H groups in total. The van der Waals surface area contributed by atoms with Gasteiger partial charge in [-0.3, -0.25) is 9.78 Å². The molecule has 3 nitrogen and oxygen atoms in total. The minimum Gasteiger partial charge on any atom is -0.329 e. The Hall–Kier alpha value is -0.930. The number of nitrogens with two attached hydrogens (primary N) is 1. The molecule has 0 amide bonds. The van der Waals surface area contributed by atoms with Gasteiger partial charge < -0.3 is 5.73 Å². The van der Waals surface area contributed by atoms with Crippen molar-refractivity contribution in [3.05, 3.63) is 29.0 Å². The van der Waals surface area contributed by atoms with E-state index in [4.69, 9.17) is 17.3 Å². The fourth-order valence-corrected chi connectivity index (χ4v) is 1.58. The van der Waals surface area contributed by atoms with Crippen LogP contribution in [0.2, 0.25) is 5.02 Å². The van der Waals surface area contributed by atoms with E-state index in [0.717, 1.165) is 12.0 Å². The number of rotatable bonds is 5. The van der Waals surface area contributed by atoms with Crippen molar-refractivity contribution in [3.8, 4) is 0 Å². The molecule has 88 valence electrons. The van der Waals surface area contributed by atoms with Gasteiger partial charge in [-0.15, -0.1) is 0 Å². The second-order valence-corrected chi connectivity index (χ2v) is 4.59. The third-order valence-corrected chi connectivity index (χ3v) is 3.45. The molecule has 0 saturated heterocycles. The fraction of sp³-hybridized carbons (Fsp3) is 0.500. The predicted molar refractivity (Wildman–Crippen MR) is 65.4 cm³/mol. The van der Waals surface area contributed by atoms with Gasteiger partial charge in [0.1, 0.15) is 5.78 Å². The predicted octanol–water partition coefficient (Wildman–Crippen LogP) is 2.22. The number of nitrogens with zero attached hydrogens (tertiary/aromatic N) is 1. The summed E-state index contributed by atoms with van der Waals surface area (Å²) in [5.74, 6) is 0.130. The Labute approximate surface area is 101 Å². The van der Waals surface area contributed by atoms with Crippen LogP contribution in [0.4, 0.5) is 0 Å². The number of hydrogen-bond donors (Lipinski definition) is 1. The Kier molecular flexibility index (Phi) is 4.44. The molecular formula is C12H17ClN2O. The van der Waals surface area contributed by atoms with Crippen LogP contribution in [0.1, 0.15) is 25.8 Å². The molecule has 1 heterocycles. The number of hydrogen-bond acceptors (Lipinski definition) is 3. The van der Waals surface area contributed by atoms with Gasteiger partial charge in [0.15, 0.2) is 0 Å². The third-order valence-electron chi connectivity index (χ3n) is 3.11. The van der Waals surface area contributed by atoms with E-state index in [0.29, 0.717) is 18.0 Å². The van der Waals surface area contributed by atoms with Crippen molar-refractivity contribution in [2.45, 2.75) is 26.7 Å². The molecular weight excluding hydrogens is 224 g/mol. The molecule has 0 aliphatic rings. The summed E-state index contributed by atoms with van der Waals surface area (Å²) >= 11 is 5.96. The van der Waals surface area contributed by atoms with Crippen molar-refractivity contribution in [1.29, 1.82) is 0 Å². The molecule has 0 aromatic carbocycles. The molecule has 0 aliphatic heterocycles. The van der Waals surface area contributed by atoms with Crippen LogP contribution in [-0.2, 0) is 11.2 Å². The van der Waals surface area contributed by atoms with Crippen LogP contribution in [0, 0.1) is 5.41 Å². The molecule has 0 aliphatic carbocycles. The fourth-order valence-electron chi connectivity index (χ4n) is 1.39. The highest BCUT2D eigenvalue weighted by atomic mass is 35.5. The average Bonchev–Trinajstić information content (AvgIpc) is 2.31. The van der Waals surface area contributed by atoms with Crippen LogP contribution in [0.15, 0.2) is 18.5 Å². The molecule has 1 aromatic heterocycles. The van der Waals surface area contributed by atoms with Crippen molar-refractivity contribution >= 4 is 17.4 Å². The first-order valence-corrected chi connectivity index (χ1v) is 5.73. The lowest BCUT2D eigenvalue weighted by Gasteiger charge is -2.24. The topological polar surface area (TPSA) is 56.0 Å². The number of Topliss-reactive ketones (excluding diaryl/α,β-unsaturated/α-hetero) is 1. The molecule has 1 rings (SSSR count). The Balaban J connectivity index is 2.83. The van der Waals surface area contributed by atoms with Crippen LogP contribution in [0.5, 0.6) is 0 Å². The maximum Gasteiger partial charge on any atom is 0.144 e. The van der Waals surface area contributed by atoms with Crippen molar-refractivity contribution in [2.24, 2.45) is 11.1 Å². The smallest absolute Gasteiger partial charge is 0.144 e. The first-order chi connectivity index (χ1) is 7.53. The maximum absolute atomic E-state index is 12.1. The molecule has 4 heteroatoms. The second-order valence-electron chi connectivity index (χ2n) is 4.19. The number of carbonyl (C=O) groups excluding carboxylic acids is 1. The molecule has 0 spiro atoms. The van der Waals surface area contributed by atoms with E-state index in [9.17, 15) is 4.79 Å². The molecule has 1 atom stereocenters. The summed E-state index contributed by atoms with van der Waals surface area (Å²) in [6.45, 7) is 4.23. The highest BCUT2D eigenvalue weighted by Crippen LogP contribution is 2.24. The summed E-state index contributed by atoms with van der Waals surface area (Å²) in [5.41, 5.74) is 6.01. The van der Waals surface area contributed by atoms with Gasteiger partial charge in [0, 0.05) is 30.8 Å². The zero-order valence-electron chi connectivity index (χ0n) is 9.66. The number of ketones is 1. The molecule has 1 aromatic rings. The van der Waals surface area contributed by atoms with E-state index in [1.807, 2.05) is 13.8 Å². The highest BCUT2D eigenvalue weighted by molar-refractivity contribution is 6.31. The van der Waals surface area contributed by atoms with Crippen molar-refractivity contribution in [2.75, 3.05) is 6.54 Å². The van der Waals surface area contributed by atoms with Crippen molar-refractivity contribution < 1.29 is 4.79 Å². The molecule has 0 fully saturated rings. The van der Waals surface area contributed by atoms with E-state index in [1.54, 1.807) is 18.5 Å². The van der Waals surface area contributed by atoms with Crippen LogP contribution in [-0.4, -0.2) is 17.3 Å². The number of carbonyl (C=O) groups is 1. The lowest BCUT2D eigenvalue weighted by atomic mass is 9.80. The van der Waals surface area contributed by atoms with Crippen molar-refractivity contribution in [3.63, 3.8) is 0 Å². The van der Waals surface area contributed by atoms with Gasteiger partial charge in [0.05, 0.1) is 5.02 Å². The second kappa shape index (κ2) is 5.41. The van der Waals surface area contributed by atoms with Gasteiger partial charge >= 0.3 is 0 Å². The Morgan fingerprint density at radius 1 is 1.62 bits per heavy atom. The van der Waals surface area contributed by atoms with Gasteiger partial charge in [0.25, 0.3) is 0 Å². The third kappa shape index (κ3) is 2.80. The lowest BCUT2D eigenvalue weighted by Crippen LogP contribution is -2.36. The summed E-state index contributed by atoms with van der Waals surface area (Å²) in [5, 5.41) is 0.534. The monoisotopic (exact) mass is 240 g/mol. The van der Waals surface area contributed by atoms with Crippen LogP contribution in [0.25, 0.3) is 0 Å². The van der Waals surface area contributed by atoms with Gasteiger partial charge in [-0.1, -0.05) is 25.4 Å². The molecule has 1 unspecified atom stereocenters. The van der Waals surface area contributed by atoms with Gasteiger partial charge in [-0.2, -0.15) is 0 Å². The molecule has 0 radical (unpaired) electrons. The lowest BCUT2D eigenvalue weighted by molar-refractivity contribution is -0.126. The standard InChI is InChI=1S/C12H17ClN2O/c1-3-12(2,8-14)11(16)6-9-4-5-15-7-10(9)13/h4-5,7H,3,6,8,14H2,1-2H3.